The van der Waals surface area contributed by atoms with E-state index in [9.17, 15) is 0 Å². The number of nitrogens with zero attached hydrogens (tertiary/aromatic N) is 2. The van der Waals surface area contributed by atoms with Gasteiger partial charge < -0.3 is 5.73 Å². The maximum atomic E-state index is 7.73. The third-order valence-electron chi connectivity index (χ3n) is 2.92. The van der Waals surface area contributed by atoms with E-state index in [0.29, 0.717) is 10.6 Å². The van der Waals surface area contributed by atoms with Crippen molar-refractivity contribution in [1.29, 1.82) is 5.41 Å². The molecule has 0 fully saturated rings. The zero-order valence-electron chi connectivity index (χ0n) is 10.9. The van der Waals surface area contributed by atoms with E-state index in [0.717, 1.165) is 20.8 Å². The van der Waals surface area contributed by atoms with Crippen LogP contribution in [0.3, 0.4) is 0 Å². The van der Waals surface area contributed by atoms with Crippen LogP contribution in [-0.4, -0.2) is 15.8 Å². The molecule has 1 aromatic carbocycles. The zero-order valence-corrected chi connectivity index (χ0v) is 12.4. The average Bonchev–Trinajstić information content (AvgIpc) is 2.49. The number of amidine groups is 1. The average molecular weight is 315 g/mol. The highest BCUT2D eigenvalue weighted by Gasteiger charge is 2.13. The minimum atomic E-state index is -0.00952. The van der Waals surface area contributed by atoms with E-state index in [2.05, 4.69) is 9.97 Å². The van der Waals surface area contributed by atoms with Crippen LogP contribution in [0.1, 0.15) is 5.56 Å². The molecule has 6 heteroatoms. The van der Waals surface area contributed by atoms with Crippen LogP contribution in [0.2, 0.25) is 5.02 Å². The highest BCUT2D eigenvalue weighted by Crippen LogP contribution is 2.34. The Balaban J connectivity index is 2.16. The molecule has 0 unspecified atom stereocenters. The fraction of sp³-hybridized carbons (Fsp3) is 0. The molecule has 3 rings (SSSR count). The first-order valence-corrected chi connectivity index (χ1v) is 7.36. The van der Waals surface area contributed by atoms with E-state index < -0.39 is 0 Å². The fourth-order valence-corrected chi connectivity index (χ4v) is 3.06. The summed E-state index contributed by atoms with van der Waals surface area (Å²) in [7, 11) is 0. The van der Waals surface area contributed by atoms with E-state index in [-0.39, 0.29) is 5.84 Å². The number of nitrogens with one attached hydrogen (secondary N) is 1. The lowest BCUT2D eigenvalue weighted by Crippen LogP contribution is -2.13. The number of nitrogens with two attached hydrogens (primary N) is 1. The largest absolute Gasteiger partial charge is 0.384 e. The Labute approximate surface area is 130 Å². The molecule has 0 saturated carbocycles. The van der Waals surface area contributed by atoms with Gasteiger partial charge >= 0.3 is 0 Å². The van der Waals surface area contributed by atoms with Gasteiger partial charge in [-0.2, -0.15) is 0 Å². The minimum Gasteiger partial charge on any atom is -0.384 e. The molecule has 4 nitrogen and oxygen atoms in total. The molecule has 0 aliphatic heterocycles. The maximum absolute atomic E-state index is 7.73. The lowest BCUT2D eigenvalue weighted by Gasteiger charge is -2.10. The number of aromatic nitrogens is 2. The standard InChI is InChI=1S/C15H11ClN4S/c16-9-5-6-13(20-7-9)21-14-10-3-1-2-4-12(10)19-8-11(14)15(17)18/h1-8H,(H3,17,18). The van der Waals surface area contributed by atoms with Gasteiger partial charge in [0.2, 0.25) is 0 Å². The molecule has 2 heterocycles. The van der Waals surface area contributed by atoms with Crippen LogP contribution in [0.15, 0.2) is 58.7 Å². The van der Waals surface area contributed by atoms with E-state index in [1.165, 1.54) is 11.8 Å². The first kappa shape index (κ1) is 13.9. The van der Waals surface area contributed by atoms with Gasteiger partial charge in [0.1, 0.15) is 10.9 Å². The van der Waals surface area contributed by atoms with E-state index >= 15 is 0 Å². The highest BCUT2D eigenvalue weighted by molar-refractivity contribution is 7.99. The molecule has 0 atom stereocenters. The van der Waals surface area contributed by atoms with Crippen LogP contribution in [0, 0.1) is 5.41 Å². The van der Waals surface area contributed by atoms with Gasteiger partial charge in [0.25, 0.3) is 0 Å². The molecule has 3 aromatic rings. The summed E-state index contributed by atoms with van der Waals surface area (Å²) in [5.74, 6) is -0.00952. The van der Waals surface area contributed by atoms with Crippen LogP contribution in [0.25, 0.3) is 10.9 Å². The Morgan fingerprint density at radius 2 is 1.90 bits per heavy atom. The van der Waals surface area contributed by atoms with Gasteiger partial charge in [0.05, 0.1) is 10.5 Å². The number of hydrogen-bond donors (Lipinski definition) is 2. The summed E-state index contributed by atoms with van der Waals surface area (Å²) in [5, 5.41) is 10.1. The van der Waals surface area contributed by atoms with Crippen molar-refractivity contribution in [2.24, 2.45) is 5.73 Å². The smallest absolute Gasteiger partial charge is 0.125 e. The molecule has 0 aliphatic carbocycles. The topological polar surface area (TPSA) is 75.7 Å². The molecular formula is C15H11ClN4S. The second kappa shape index (κ2) is 5.71. The SMILES string of the molecule is N=C(N)c1cnc2ccccc2c1Sc1ccc(Cl)cn1. The minimum absolute atomic E-state index is 0.00952. The number of rotatable bonds is 3. The molecule has 2 aromatic heterocycles. The summed E-state index contributed by atoms with van der Waals surface area (Å²) >= 11 is 7.31. The molecule has 3 N–H and O–H groups in total. The van der Waals surface area contributed by atoms with Crippen molar-refractivity contribution in [3.05, 3.63) is 59.4 Å². The predicted octanol–water partition coefficient (Wildman–Crippen LogP) is 3.72. The Morgan fingerprint density at radius 1 is 1.10 bits per heavy atom. The van der Waals surface area contributed by atoms with Gasteiger partial charge in [-0.25, -0.2) is 4.98 Å². The van der Waals surface area contributed by atoms with Crippen molar-refractivity contribution in [1.82, 2.24) is 9.97 Å². The number of nitrogen functional groups attached to an aromatic ring is 1. The van der Waals surface area contributed by atoms with Crippen molar-refractivity contribution in [2.75, 3.05) is 0 Å². The first-order valence-electron chi connectivity index (χ1n) is 6.16. The first-order chi connectivity index (χ1) is 10.1. The molecular weight excluding hydrogens is 304 g/mol. The summed E-state index contributed by atoms with van der Waals surface area (Å²) in [6.07, 6.45) is 3.23. The number of hydrogen-bond acceptors (Lipinski definition) is 4. The molecule has 0 amide bonds. The summed E-state index contributed by atoms with van der Waals surface area (Å²) < 4.78 is 0. The molecule has 0 radical (unpaired) electrons. The van der Waals surface area contributed by atoms with Crippen LogP contribution < -0.4 is 5.73 Å². The van der Waals surface area contributed by atoms with Crippen molar-refractivity contribution in [3.63, 3.8) is 0 Å². The Morgan fingerprint density at radius 3 is 2.62 bits per heavy atom. The molecule has 0 spiro atoms. The quantitative estimate of drug-likeness (QED) is 0.570. The third-order valence-corrected chi connectivity index (χ3v) is 4.24. The van der Waals surface area contributed by atoms with E-state index in [1.807, 2.05) is 30.3 Å². The summed E-state index contributed by atoms with van der Waals surface area (Å²) in [5.41, 5.74) is 7.14. The second-order valence-corrected chi connectivity index (χ2v) is 5.82. The van der Waals surface area contributed by atoms with Gasteiger partial charge in [0, 0.05) is 28.2 Å². The van der Waals surface area contributed by atoms with Gasteiger partial charge in [-0.3, -0.25) is 10.4 Å². The Bertz CT molecular complexity index is 818. The summed E-state index contributed by atoms with van der Waals surface area (Å²) in [6, 6.07) is 11.4. The molecule has 0 saturated heterocycles. The number of fused-ring (bicyclic) bond motifs is 1. The predicted molar refractivity (Wildman–Crippen MR) is 86.1 cm³/mol. The van der Waals surface area contributed by atoms with Gasteiger partial charge in [0.15, 0.2) is 0 Å². The van der Waals surface area contributed by atoms with Crippen LogP contribution >= 0.6 is 23.4 Å². The number of benzene rings is 1. The van der Waals surface area contributed by atoms with Crippen molar-refractivity contribution >= 4 is 40.1 Å². The van der Waals surface area contributed by atoms with Crippen molar-refractivity contribution in [2.45, 2.75) is 9.92 Å². The lowest BCUT2D eigenvalue weighted by molar-refractivity contribution is 1.13. The monoisotopic (exact) mass is 314 g/mol. The van der Waals surface area contributed by atoms with Crippen molar-refractivity contribution in [3.8, 4) is 0 Å². The van der Waals surface area contributed by atoms with Gasteiger partial charge in [-0.15, -0.1) is 0 Å². The van der Waals surface area contributed by atoms with E-state index in [1.54, 1.807) is 18.5 Å². The normalized spacial score (nSPS) is 10.7. The molecule has 0 aliphatic rings. The number of pyridine rings is 2. The van der Waals surface area contributed by atoms with Gasteiger partial charge in [-0.05, 0) is 18.2 Å². The molecule has 104 valence electrons. The van der Waals surface area contributed by atoms with Crippen LogP contribution in [-0.2, 0) is 0 Å². The Hall–Kier alpha value is -2.11. The number of halogens is 1. The van der Waals surface area contributed by atoms with Crippen molar-refractivity contribution < 1.29 is 0 Å². The lowest BCUT2D eigenvalue weighted by atomic mass is 10.1. The second-order valence-electron chi connectivity index (χ2n) is 4.35. The zero-order chi connectivity index (χ0) is 14.8. The summed E-state index contributed by atoms with van der Waals surface area (Å²) in [4.78, 5) is 9.50. The molecule has 0 bridgehead atoms. The van der Waals surface area contributed by atoms with E-state index in [4.69, 9.17) is 22.7 Å². The van der Waals surface area contributed by atoms with Gasteiger partial charge in [-0.1, -0.05) is 41.6 Å². The summed E-state index contributed by atoms with van der Waals surface area (Å²) in [6.45, 7) is 0. The third kappa shape index (κ3) is 2.84. The highest BCUT2D eigenvalue weighted by atomic mass is 35.5. The molecule has 21 heavy (non-hydrogen) atoms. The van der Waals surface area contributed by atoms with Crippen LogP contribution in [0.4, 0.5) is 0 Å². The fourth-order valence-electron chi connectivity index (χ4n) is 1.95. The van der Waals surface area contributed by atoms with Crippen LogP contribution in [0.5, 0.6) is 0 Å². The number of para-hydroxylation sites is 1. The maximum Gasteiger partial charge on any atom is 0.125 e. The Kier molecular flexibility index (Phi) is 3.77.